The van der Waals surface area contributed by atoms with Crippen molar-refractivity contribution in [3.05, 3.63) is 24.3 Å². The van der Waals surface area contributed by atoms with Crippen molar-refractivity contribution >= 4 is 0 Å². The van der Waals surface area contributed by atoms with E-state index in [0.29, 0.717) is 0 Å². The Morgan fingerprint density at radius 3 is 1.88 bits per heavy atom. The van der Waals surface area contributed by atoms with Crippen molar-refractivity contribution in [2.75, 3.05) is 0 Å². The van der Waals surface area contributed by atoms with E-state index in [-0.39, 0.29) is 0 Å². The lowest BCUT2D eigenvalue weighted by molar-refractivity contribution is 0.661. The molecule has 0 heterocycles. The van der Waals surface area contributed by atoms with E-state index in [4.69, 9.17) is 0 Å². The highest BCUT2D eigenvalue weighted by molar-refractivity contribution is 4.85. The van der Waals surface area contributed by atoms with Gasteiger partial charge in [0.05, 0.1) is 0 Å². The summed E-state index contributed by atoms with van der Waals surface area (Å²) in [7, 11) is 0. The van der Waals surface area contributed by atoms with Crippen LogP contribution in [0.15, 0.2) is 24.3 Å². The maximum Gasteiger partial charge on any atom is -0.0327 e. The molecule has 0 aromatic carbocycles. The lowest BCUT2D eigenvalue weighted by Crippen LogP contribution is -1.81. The van der Waals surface area contributed by atoms with Gasteiger partial charge >= 0.3 is 0 Å². The van der Waals surface area contributed by atoms with Gasteiger partial charge in [0, 0.05) is 0 Å². The van der Waals surface area contributed by atoms with Gasteiger partial charge in [-0.3, -0.25) is 0 Å². The second-order valence-corrected chi connectivity index (χ2v) is 5.35. The molecule has 0 bridgehead atoms. The molecule has 0 rings (SSSR count). The monoisotopic (exact) mass is 236 g/mol. The van der Waals surface area contributed by atoms with Crippen LogP contribution in [0.5, 0.6) is 0 Å². The Morgan fingerprint density at radius 2 is 1.29 bits per heavy atom. The van der Waals surface area contributed by atoms with E-state index in [2.05, 4.69) is 45.1 Å². The summed E-state index contributed by atoms with van der Waals surface area (Å²) in [6.07, 6.45) is 21.2. The number of hydrogen-bond donors (Lipinski definition) is 0. The van der Waals surface area contributed by atoms with Crippen LogP contribution in [0.4, 0.5) is 0 Å². The molecule has 0 nitrogen and oxygen atoms in total. The minimum Gasteiger partial charge on any atom is -0.0885 e. The average Bonchev–Trinajstić information content (AvgIpc) is 2.30. The Bertz CT molecular complexity index is 186. The van der Waals surface area contributed by atoms with Gasteiger partial charge in [-0.1, -0.05) is 64.3 Å². The second kappa shape index (κ2) is 13.5. The fourth-order valence-electron chi connectivity index (χ4n) is 1.76. The first kappa shape index (κ1) is 16.5. The maximum atomic E-state index is 2.37. The molecule has 0 radical (unpaired) electrons. The summed E-state index contributed by atoms with van der Waals surface area (Å²) in [4.78, 5) is 0. The molecule has 0 N–H and O–H groups in total. The lowest BCUT2D eigenvalue weighted by atomic mass is 10.1. The van der Waals surface area contributed by atoms with Crippen LogP contribution in [0, 0.1) is 5.92 Å². The summed E-state index contributed by atoms with van der Waals surface area (Å²) in [5, 5.41) is 0. The van der Waals surface area contributed by atoms with Crippen molar-refractivity contribution in [1.29, 1.82) is 0 Å². The van der Waals surface area contributed by atoms with E-state index in [9.17, 15) is 0 Å². The molecule has 0 amide bonds. The highest BCUT2D eigenvalue weighted by atomic mass is 13.9. The van der Waals surface area contributed by atoms with Crippen molar-refractivity contribution in [3.8, 4) is 0 Å². The lowest BCUT2D eigenvalue weighted by Gasteiger charge is -1.96. The van der Waals surface area contributed by atoms with Gasteiger partial charge in [-0.25, -0.2) is 0 Å². The molecule has 0 saturated carbocycles. The van der Waals surface area contributed by atoms with Crippen LogP contribution in [-0.2, 0) is 0 Å². The van der Waals surface area contributed by atoms with E-state index >= 15 is 0 Å². The first-order valence-corrected chi connectivity index (χ1v) is 7.57. The van der Waals surface area contributed by atoms with E-state index in [1.165, 1.54) is 57.8 Å². The number of unbranched alkanes of at least 4 members (excludes halogenated alkanes) is 6. The highest BCUT2D eigenvalue weighted by Crippen LogP contribution is 2.05. The van der Waals surface area contributed by atoms with Gasteiger partial charge in [0.2, 0.25) is 0 Å². The minimum absolute atomic E-state index is 0.800. The van der Waals surface area contributed by atoms with Crippen LogP contribution < -0.4 is 0 Å². The van der Waals surface area contributed by atoms with Crippen LogP contribution in [0.2, 0.25) is 0 Å². The molecule has 0 aliphatic rings. The molecular formula is C17H32. The fraction of sp³-hybridized carbons (Fsp3) is 0.765. The number of allylic oxidation sites excluding steroid dienone is 4. The summed E-state index contributed by atoms with van der Waals surface area (Å²) in [5.41, 5.74) is 0. The SMILES string of the molecule is CCCCCC/C=C/CCC/C=C/CC(C)C. The molecule has 0 aromatic heterocycles. The zero-order valence-electron chi connectivity index (χ0n) is 12.3. The molecule has 0 atom stereocenters. The molecule has 0 heteroatoms. The summed E-state index contributed by atoms with van der Waals surface area (Å²) in [5.74, 6) is 0.800. The second-order valence-electron chi connectivity index (χ2n) is 5.35. The van der Waals surface area contributed by atoms with Gasteiger partial charge in [0.15, 0.2) is 0 Å². The van der Waals surface area contributed by atoms with Gasteiger partial charge in [0.25, 0.3) is 0 Å². The summed E-state index contributed by atoms with van der Waals surface area (Å²) >= 11 is 0. The first-order chi connectivity index (χ1) is 8.27. The van der Waals surface area contributed by atoms with Crippen molar-refractivity contribution < 1.29 is 0 Å². The van der Waals surface area contributed by atoms with Gasteiger partial charge in [-0.05, 0) is 44.4 Å². The standard InChI is InChI=1S/C17H32/c1-4-5-6-7-8-9-10-11-12-13-14-15-16-17(2)3/h9-10,14-15,17H,4-8,11-13,16H2,1-3H3/b10-9+,15-14+. The third-order valence-electron chi connectivity index (χ3n) is 2.91. The predicted octanol–water partition coefficient (Wildman–Crippen LogP) is 6.29. The third-order valence-corrected chi connectivity index (χ3v) is 2.91. The van der Waals surface area contributed by atoms with Crippen LogP contribution in [0.1, 0.15) is 78.6 Å². The van der Waals surface area contributed by atoms with Crippen LogP contribution in [-0.4, -0.2) is 0 Å². The van der Waals surface area contributed by atoms with Gasteiger partial charge in [-0.2, -0.15) is 0 Å². The fourth-order valence-corrected chi connectivity index (χ4v) is 1.76. The van der Waals surface area contributed by atoms with Crippen molar-refractivity contribution in [2.24, 2.45) is 5.92 Å². The summed E-state index contributed by atoms with van der Waals surface area (Å²) in [6, 6.07) is 0. The smallest absolute Gasteiger partial charge is 0.0327 e. The zero-order chi connectivity index (χ0) is 12.8. The quantitative estimate of drug-likeness (QED) is 0.292. The number of hydrogen-bond acceptors (Lipinski definition) is 0. The van der Waals surface area contributed by atoms with E-state index < -0.39 is 0 Å². The summed E-state index contributed by atoms with van der Waals surface area (Å²) < 4.78 is 0. The van der Waals surface area contributed by atoms with Crippen molar-refractivity contribution in [3.63, 3.8) is 0 Å². The molecule has 0 saturated heterocycles. The molecule has 0 aromatic rings. The first-order valence-electron chi connectivity index (χ1n) is 7.57. The Morgan fingerprint density at radius 1 is 0.706 bits per heavy atom. The minimum atomic E-state index is 0.800. The predicted molar refractivity (Wildman–Crippen MR) is 80.3 cm³/mol. The Hall–Kier alpha value is -0.520. The van der Waals surface area contributed by atoms with Gasteiger partial charge < -0.3 is 0 Å². The molecule has 0 unspecified atom stereocenters. The maximum absolute atomic E-state index is 2.37. The van der Waals surface area contributed by atoms with Crippen LogP contribution >= 0.6 is 0 Å². The third kappa shape index (κ3) is 15.5. The van der Waals surface area contributed by atoms with Crippen molar-refractivity contribution in [1.82, 2.24) is 0 Å². The molecule has 0 aliphatic heterocycles. The Labute approximate surface area is 109 Å². The molecule has 17 heavy (non-hydrogen) atoms. The van der Waals surface area contributed by atoms with Crippen LogP contribution in [0.3, 0.4) is 0 Å². The van der Waals surface area contributed by atoms with Gasteiger partial charge in [0.1, 0.15) is 0 Å². The normalized spacial score (nSPS) is 12.2. The number of rotatable bonds is 11. The molecule has 0 fully saturated rings. The van der Waals surface area contributed by atoms with E-state index in [1.807, 2.05) is 0 Å². The van der Waals surface area contributed by atoms with E-state index in [1.54, 1.807) is 0 Å². The van der Waals surface area contributed by atoms with Crippen LogP contribution in [0.25, 0.3) is 0 Å². The zero-order valence-corrected chi connectivity index (χ0v) is 12.3. The Balaban J connectivity index is 3.16. The summed E-state index contributed by atoms with van der Waals surface area (Å²) in [6.45, 7) is 6.81. The molecule has 0 spiro atoms. The topological polar surface area (TPSA) is 0 Å². The molecule has 0 aliphatic carbocycles. The van der Waals surface area contributed by atoms with Gasteiger partial charge in [-0.15, -0.1) is 0 Å². The average molecular weight is 236 g/mol. The van der Waals surface area contributed by atoms with Crippen molar-refractivity contribution in [2.45, 2.75) is 78.6 Å². The largest absolute Gasteiger partial charge is 0.0885 e. The highest BCUT2D eigenvalue weighted by Gasteiger charge is 1.87. The van der Waals surface area contributed by atoms with E-state index in [0.717, 1.165) is 5.92 Å². The Kier molecular flexibility index (Phi) is 13.1. The molecule has 100 valence electrons. The molecular weight excluding hydrogens is 204 g/mol.